The van der Waals surface area contributed by atoms with E-state index >= 15 is 0 Å². The van der Waals surface area contributed by atoms with Gasteiger partial charge in [-0.25, -0.2) is 13.2 Å². The van der Waals surface area contributed by atoms with Crippen LogP contribution in [0.3, 0.4) is 0 Å². The van der Waals surface area contributed by atoms with E-state index in [4.69, 9.17) is 11.1 Å². The Morgan fingerprint density at radius 3 is 2.50 bits per heavy atom. The first-order chi connectivity index (χ1) is 15.2. The highest BCUT2D eigenvalue weighted by atomic mass is 32.2. The van der Waals surface area contributed by atoms with Crippen molar-refractivity contribution in [3.8, 4) is 0 Å². The van der Waals surface area contributed by atoms with Crippen LogP contribution in [0.1, 0.15) is 70.8 Å². The van der Waals surface area contributed by atoms with Crippen LogP contribution in [0.15, 0.2) is 24.3 Å². The summed E-state index contributed by atoms with van der Waals surface area (Å²) in [5.74, 6) is -0.0341. The highest BCUT2D eigenvalue weighted by molar-refractivity contribution is 7.92. The topological polar surface area (TPSA) is 128 Å². The summed E-state index contributed by atoms with van der Waals surface area (Å²) in [6, 6.07) is 6.91. The smallest absolute Gasteiger partial charge is 0.322 e. The SMILES string of the molecule is CC(C)S(=O)(=O)C1CC(NC(=O)N(c2cccc(C(=N)N)c2)C2CCCCCC2)CCN1. The molecule has 0 bridgehead atoms. The first-order valence-corrected chi connectivity index (χ1v) is 13.3. The van der Waals surface area contributed by atoms with Gasteiger partial charge in [0.1, 0.15) is 11.2 Å². The summed E-state index contributed by atoms with van der Waals surface area (Å²) in [6.45, 7) is 3.93. The number of nitrogens with one attached hydrogen (secondary N) is 3. The molecule has 1 aliphatic heterocycles. The second kappa shape index (κ2) is 10.7. The van der Waals surface area contributed by atoms with Gasteiger partial charge in [-0.05, 0) is 58.2 Å². The normalized spacial score (nSPS) is 22.8. The molecule has 0 radical (unpaired) electrons. The number of amidine groups is 1. The van der Waals surface area contributed by atoms with Gasteiger partial charge in [-0.15, -0.1) is 0 Å². The van der Waals surface area contributed by atoms with Gasteiger partial charge >= 0.3 is 6.03 Å². The minimum atomic E-state index is -3.30. The standard InChI is InChI=1S/C23H37N5O3S/c1-16(2)32(30,31)21-15-18(12-13-26-21)27-23(29)28(19-9-5-3-4-6-10-19)20-11-7-8-17(14-20)22(24)25/h7-8,11,14,16,18-19,21,26H,3-6,9-10,12-13,15H2,1-2H3,(H3,24,25)(H,27,29). The number of nitrogens with two attached hydrogens (primary N) is 1. The minimum absolute atomic E-state index is 0.0341. The number of hydrogen-bond donors (Lipinski definition) is 4. The molecule has 2 atom stereocenters. The molecule has 1 aliphatic carbocycles. The minimum Gasteiger partial charge on any atom is -0.384 e. The molecule has 2 unspecified atom stereocenters. The van der Waals surface area contributed by atoms with Gasteiger partial charge in [-0.1, -0.05) is 37.8 Å². The Balaban J connectivity index is 1.82. The van der Waals surface area contributed by atoms with E-state index in [2.05, 4.69) is 10.6 Å². The molecule has 1 aromatic rings. The number of urea groups is 1. The molecule has 2 fully saturated rings. The van der Waals surface area contributed by atoms with E-state index in [-0.39, 0.29) is 24.0 Å². The van der Waals surface area contributed by atoms with Crippen molar-refractivity contribution in [2.24, 2.45) is 5.73 Å². The Morgan fingerprint density at radius 2 is 1.88 bits per heavy atom. The third-order valence-corrected chi connectivity index (χ3v) is 9.06. The second-order valence-electron chi connectivity index (χ2n) is 9.23. The molecular weight excluding hydrogens is 426 g/mol. The lowest BCUT2D eigenvalue weighted by Gasteiger charge is -2.36. The van der Waals surface area contributed by atoms with Crippen molar-refractivity contribution in [1.29, 1.82) is 5.41 Å². The Kier molecular flexibility index (Phi) is 8.16. The number of carbonyl (C=O) groups excluding carboxylic acids is 1. The van der Waals surface area contributed by atoms with Crippen molar-refractivity contribution in [2.75, 3.05) is 11.4 Å². The maximum Gasteiger partial charge on any atom is 0.322 e. The monoisotopic (exact) mass is 463 g/mol. The summed E-state index contributed by atoms with van der Waals surface area (Å²) in [6.07, 6.45) is 7.37. The van der Waals surface area contributed by atoms with Gasteiger partial charge < -0.3 is 16.4 Å². The number of amides is 2. The number of nitrogens with zero attached hydrogens (tertiary/aromatic N) is 1. The van der Waals surface area contributed by atoms with E-state index in [9.17, 15) is 13.2 Å². The highest BCUT2D eigenvalue weighted by Crippen LogP contribution is 2.28. The molecule has 0 aromatic heterocycles. The Morgan fingerprint density at radius 1 is 1.19 bits per heavy atom. The fraction of sp³-hybridized carbons (Fsp3) is 0.652. The molecule has 2 amide bonds. The maximum atomic E-state index is 13.6. The zero-order valence-electron chi connectivity index (χ0n) is 19.1. The molecule has 1 saturated heterocycles. The quantitative estimate of drug-likeness (QED) is 0.293. The molecule has 1 aromatic carbocycles. The zero-order chi connectivity index (χ0) is 23.3. The van der Waals surface area contributed by atoms with Crippen LogP contribution in [0.4, 0.5) is 10.5 Å². The van der Waals surface area contributed by atoms with Crippen molar-refractivity contribution >= 4 is 27.4 Å². The molecule has 0 spiro atoms. The molecule has 8 nitrogen and oxygen atoms in total. The number of benzene rings is 1. The number of anilines is 1. The molecule has 5 N–H and O–H groups in total. The van der Waals surface area contributed by atoms with Crippen LogP contribution in [0, 0.1) is 5.41 Å². The van der Waals surface area contributed by atoms with Crippen molar-refractivity contribution in [3.63, 3.8) is 0 Å². The first kappa shape index (κ1) is 24.5. The van der Waals surface area contributed by atoms with E-state index in [1.165, 1.54) is 12.8 Å². The van der Waals surface area contributed by atoms with Gasteiger partial charge in [0, 0.05) is 23.3 Å². The molecule has 1 saturated carbocycles. The van der Waals surface area contributed by atoms with Crippen LogP contribution in [0.5, 0.6) is 0 Å². The lowest BCUT2D eigenvalue weighted by molar-refractivity contribution is 0.234. The summed E-state index contributed by atoms with van der Waals surface area (Å²) in [5, 5.41) is 12.9. The van der Waals surface area contributed by atoms with Crippen LogP contribution in [0.25, 0.3) is 0 Å². The lowest BCUT2D eigenvalue weighted by Crippen LogP contribution is -2.55. The van der Waals surface area contributed by atoms with E-state index in [1.54, 1.807) is 26.0 Å². The van der Waals surface area contributed by atoms with Gasteiger partial charge in [-0.3, -0.25) is 10.3 Å². The van der Waals surface area contributed by atoms with Crippen molar-refractivity contribution < 1.29 is 13.2 Å². The zero-order valence-corrected chi connectivity index (χ0v) is 20.0. The number of hydrogen-bond acceptors (Lipinski definition) is 5. The fourth-order valence-corrected chi connectivity index (χ4v) is 6.17. The van der Waals surface area contributed by atoms with E-state index < -0.39 is 20.5 Å². The summed E-state index contributed by atoms with van der Waals surface area (Å²) in [5.41, 5.74) is 7.00. The van der Waals surface area contributed by atoms with Crippen molar-refractivity contribution in [3.05, 3.63) is 29.8 Å². The molecular formula is C23H37N5O3S. The van der Waals surface area contributed by atoms with E-state index in [1.807, 2.05) is 17.0 Å². The molecule has 9 heteroatoms. The predicted octanol–water partition coefficient (Wildman–Crippen LogP) is 3.11. The third kappa shape index (κ3) is 5.81. The fourth-order valence-electron chi connectivity index (χ4n) is 4.67. The number of sulfone groups is 1. The van der Waals surface area contributed by atoms with Crippen LogP contribution in [-0.4, -0.2) is 49.5 Å². The van der Waals surface area contributed by atoms with Gasteiger partial charge in [0.25, 0.3) is 0 Å². The maximum absolute atomic E-state index is 13.6. The summed E-state index contributed by atoms with van der Waals surface area (Å²) >= 11 is 0. The summed E-state index contributed by atoms with van der Waals surface area (Å²) in [7, 11) is -3.30. The van der Waals surface area contributed by atoms with Crippen LogP contribution >= 0.6 is 0 Å². The molecule has 3 rings (SSSR count). The van der Waals surface area contributed by atoms with Crippen molar-refractivity contribution in [1.82, 2.24) is 10.6 Å². The van der Waals surface area contributed by atoms with Crippen LogP contribution in [0.2, 0.25) is 0 Å². The molecule has 178 valence electrons. The highest BCUT2D eigenvalue weighted by Gasteiger charge is 2.35. The van der Waals surface area contributed by atoms with Crippen LogP contribution in [-0.2, 0) is 9.84 Å². The Bertz CT molecular complexity index is 910. The molecule has 2 aliphatic rings. The van der Waals surface area contributed by atoms with Crippen LogP contribution < -0.4 is 21.3 Å². The van der Waals surface area contributed by atoms with E-state index in [0.717, 1.165) is 31.4 Å². The largest absolute Gasteiger partial charge is 0.384 e. The summed E-state index contributed by atoms with van der Waals surface area (Å²) in [4.78, 5) is 15.4. The number of rotatable bonds is 6. The Hall–Kier alpha value is -2.13. The summed E-state index contributed by atoms with van der Waals surface area (Å²) < 4.78 is 25.3. The van der Waals surface area contributed by atoms with Crippen molar-refractivity contribution in [2.45, 2.75) is 87.9 Å². The number of nitrogen functional groups attached to an aromatic ring is 1. The third-order valence-electron chi connectivity index (χ3n) is 6.59. The molecule has 1 heterocycles. The second-order valence-corrected chi connectivity index (χ2v) is 11.9. The predicted molar refractivity (Wildman–Crippen MR) is 129 cm³/mol. The first-order valence-electron chi connectivity index (χ1n) is 11.7. The van der Waals surface area contributed by atoms with Gasteiger partial charge in [0.2, 0.25) is 0 Å². The van der Waals surface area contributed by atoms with Gasteiger partial charge in [0.15, 0.2) is 9.84 Å². The van der Waals surface area contributed by atoms with Gasteiger partial charge in [-0.2, -0.15) is 0 Å². The lowest BCUT2D eigenvalue weighted by atomic mass is 10.0. The number of carbonyl (C=O) groups is 1. The van der Waals surface area contributed by atoms with Gasteiger partial charge in [0.05, 0.1) is 5.25 Å². The molecule has 32 heavy (non-hydrogen) atoms. The van der Waals surface area contributed by atoms with E-state index in [0.29, 0.717) is 24.9 Å². The average Bonchev–Trinajstić information content (AvgIpc) is 3.03. The Labute approximate surface area is 191 Å². The number of piperidine rings is 1. The average molecular weight is 464 g/mol.